The third-order valence-electron chi connectivity index (χ3n) is 5.14. The molecule has 1 aliphatic heterocycles. The van der Waals surface area contributed by atoms with Gasteiger partial charge in [0, 0.05) is 43.1 Å². The van der Waals surface area contributed by atoms with Crippen molar-refractivity contribution in [3.63, 3.8) is 0 Å². The number of rotatable bonds is 5. The van der Waals surface area contributed by atoms with Crippen LogP contribution in [0.5, 0.6) is 0 Å². The first-order valence-electron chi connectivity index (χ1n) is 9.39. The van der Waals surface area contributed by atoms with Crippen LogP contribution in [-0.2, 0) is 4.79 Å². The van der Waals surface area contributed by atoms with Crippen LogP contribution in [0.25, 0.3) is 0 Å². The van der Waals surface area contributed by atoms with Crippen LogP contribution < -0.4 is 10.2 Å². The van der Waals surface area contributed by atoms with Crippen molar-refractivity contribution in [1.29, 1.82) is 5.26 Å². The molecule has 28 heavy (non-hydrogen) atoms. The van der Waals surface area contributed by atoms with E-state index in [2.05, 4.69) is 21.2 Å². The van der Waals surface area contributed by atoms with Gasteiger partial charge in [-0.3, -0.25) is 14.5 Å². The molecule has 1 heterocycles. The topological polar surface area (TPSA) is 76.4 Å². The fourth-order valence-electron chi connectivity index (χ4n) is 3.35. The molecule has 3 rings (SSSR count). The Kier molecular flexibility index (Phi) is 6.07. The molecular formula is C22H24N4O2. The second-order valence-corrected chi connectivity index (χ2v) is 6.98. The zero-order chi connectivity index (χ0) is 20.1. The Morgan fingerprint density at radius 1 is 1.07 bits per heavy atom. The summed E-state index contributed by atoms with van der Waals surface area (Å²) in [5.41, 5.74) is 2.97. The number of hydrogen-bond donors (Lipinski definition) is 1. The van der Waals surface area contributed by atoms with Crippen LogP contribution in [0.1, 0.15) is 29.8 Å². The molecule has 0 radical (unpaired) electrons. The highest BCUT2D eigenvalue weighted by Crippen LogP contribution is 2.19. The van der Waals surface area contributed by atoms with Gasteiger partial charge in [-0.1, -0.05) is 6.07 Å². The molecule has 1 aliphatic rings. The van der Waals surface area contributed by atoms with Gasteiger partial charge >= 0.3 is 0 Å². The molecule has 1 fully saturated rings. The van der Waals surface area contributed by atoms with Crippen LogP contribution in [0.4, 0.5) is 11.4 Å². The van der Waals surface area contributed by atoms with Crippen molar-refractivity contribution >= 4 is 23.1 Å². The van der Waals surface area contributed by atoms with Crippen molar-refractivity contribution in [1.82, 2.24) is 4.90 Å². The Hall–Kier alpha value is -3.17. The normalized spacial score (nSPS) is 15.5. The van der Waals surface area contributed by atoms with Crippen molar-refractivity contribution in [3.05, 3.63) is 59.7 Å². The summed E-state index contributed by atoms with van der Waals surface area (Å²) in [5.74, 6) is -0.00846. The summed E-state index contributed by atoms with van der Waals surface area (Å²) in [5, 5.41) is 11.9. The van der Waals surface area contributed by atoms with E-state index in [1.807, 2.05) is 31.2 Å². The van der Waals surface area contributed by atoms with E-state index in [4.69, 9.17) is 5.26 Å². The number of nitrogens with zero attached hydrogens (tertiary/aromatic N) is 3. The van der Waals surface area contributed by atoms with E-state index in [9.17, 15) is 9.59 Å². The third-order valence-corrected chi connectivity index (χ3v) is 5.14. The van der Waals surface area contributed by atoms with Gasteiger partial charge in [-0.25, -0.2) is 0 Å². The molecule has 0 spiro atoms. The minimum atomic E-state index is -0.256. The second-order valence-electron chi connectivity index (χ2n) is 6.98. The minimum Gasteiger partial charge on any atom is -0.369 e. The number of carbonyl (C=O) groups excluding carboxylic acids is 2. The van der Waals surface area contributed by atoms with Gasteiger partial charge in [-0.15, -0.1) is 0 Å². The predicted octanol–water partition coefficient (Wildman–Crippen LogP) is 2.91. The molecule has 1 N–H and O–H groups in total. The average Bonchev–Trinajstić information content (AvgIpc) is 2.73. The van der Waals surface area contributed by atoms with E-state index in [1.165, 1.54) is 0 Å². The van der Waals surface area contributed by atoms with Crippen molar-refractivity contribution < 1.29 is 9.59 Å². The number of ketones is 1. The number of benzene rings is 2. The number of Topliss-reactive ketones (excluding diaryl/α,β-unsaturated/α-hetero) is 1. The second kappa shape index (κ2) is 8.68. The van der Waals surface area contributed by atoms with Gasteiger partial charge in [-0.2, -0.15) is 5.26 Å². The Morgan fingerprint density at radius 2 is 1.75 bits per heavy atom. The number of anilines is 2. The summed E-state index contributed by atoms with van der Waals surface area (Å²) in [6.07, 6.45) is 0. The van der Waals surface area contributed by atoms with Crippen molar-refractivity contribution in [3.8, 4) is 6.07 Å². The molecule has 1 atom stereocenters. The molecule has 1 unspecified atom stereocenters. The summed E-state index contributed by atoms with van der Waals surface area (Å²) >= 11 is 0. The number of amides is 1. The number of hydrogen-bond acceptors (Lipinski definition) is 5. The molecule has 0 aliphatic carbocycles. The Bertz CT molecular complexity index is 893. The van der Waals surface area contributed by atoms with E-state index in [0.29, 0.717) is 16.8 Å². The predicted molar refractivity (Wildman–Crippen MR) is 109 cm³/mol. The lowest BCUT2D eigenvalue weighted by molar-refractivity contribution is -0.120. The monoisotopic (exact) mass is 376 g/mol. The number of nitrogens with one attached hydrogen (secondary N) is 1. The lowest BCUT2D eigenvalue weighted by Crippen LogP contribution is -2.52. The highest BCUT2D eigenvalue weighted by atomic mass is 16.2. The number of piperazine rings is 1. The minimum absolute atomic E-state index is 0.0662. The van der Waals surface area contributed by atoms with Gasteiger partial charge in [0.05, 0.1) is 17.7 Å². The standard InChI is InChI=1S/C22H24N4O2/c1-16(22(28)24-20-5-3-4-18(14-20)15-23)25-10-12-26(13-11-25)21-8-6-19(7-9-21)17(2)27/h3-9,14,16H,10-13H2,1-2H3,(H,24,28). The van der Waals surface area contributed by atoms with Crippen LogP contribution in [0.3, 0.4) is 0 Å². The molecule has 2 aromatic carbocycles. The molecule has 6 heteroatoms. The molecule has 0 aromatic heterocycles. The van der Waals surface area contributed by atoms with Crippen LogP contribution in [0, 0.1) is 11.3 Å². The molecule has 6 nitrogen and oxygen atoms in total. The highest BCUT2D eigenvalue weighted by Gasteiger charge is 2.25. The fraction of sp³-hybridized carbons (Fsp3) is 0.318. The van der Waals surface area contributed by atoms with Crippen LogP contribution in [0.15, 0.2) is 48.5 Å². The molecule has 1 saturated heterocycles. The molecular weight excluding hydrogens is 352 g/mol. The van der Waals surface area contributed by atoms with Gasteiger partial charge in [0.25, 0.3) is 0 Å². The van der Waals surface area contributed by atoms with Crippen molar-refractivity contribution in [2.75, 3.05) is 36.4 Å². The molecule has 144 valence electrons. The van der Waals surface area contributed by atoms with Crippen molar-refractivity contribution in [2.24, 2.45) is 0 Å². The smallest absolute Gasteiger partial charge is 0.241 e. The summed E-state index contributed by atoms with van der Waals surface area (Å²) < 4.78 is 0. The van der Waals surface area contributed by atoms with E-state index < -0.39 is 0 Å². The van der Waals surface area contributed by atoms with Crippen LogP contribution >= 0.6 is 0 Å². The molecule has 0 bridgehead atoms. The third kappa shape index (κ3) is 4.56. The van der Waals surface area contributed by atoms with Crippen molar-refractivity contribution in [2.45, 2.75) is 19.9 Å². The fourth-order valence-corrected chi connectivity index (χ4v) is 3.35. The van der Waals surface area contributed by atoms with E-state index in [-0.39, 0.29) is 17.7 Å². The van der Waals surface area contributed by atoms with Crippen LogP contribution in [-0.4, -0.2) is 48.8 Å². The van der Waals surface area contributed by atoms with Gasteiger partial charge in [0.2, 0.25) is 5.91 Å². The first-order valence-corrected chi connectivity index (χ1v) is 9.39. The highest BCUT2D eigenvalue weighted by molar-refractivity contribution is 5.95. The zero-order valence-electron chi connectivity index (χ0n) is 16.2. The maximum Gasteiger partial charge on any atom is 0.241 e. The van der Waals surface area contributed by atoms with E-state index in [0.717, 1.165) is 31.9 Å². The SMILES string of the molecule is CC(=O)c1ccc(N2CCN(C(C)C(=O)Nc3cccc(C#N)c3)CC2)cc1. The van der Waals surface area contributed by atoms with Gasteiger partial charge in [-0.05, 0) is 56.3 Å². The first-order chi connectivity index (χ1) is 13.5. The molecule has 0 saturated carbocycles. The maximum atomic E-state index is 12.6. The lowest BCUT2D eigenvalue weighted by atomic mass is 10.1. The van der Waals surface area contributed by atoms with Gasteiger partial charge in [0.1, 0.15) is 0 Å². The summed E-state index contributed by atoms with van der Waals surface area (Å²) in [7, 11) is 0. The quantitative estimate of drug-likeness (QED) is 0.812. The Balaban J connectivity index is 1.55. The summed E-state index contributed by atoms with van der Waals surface area (Å²) in [6, 6.07) is 16.4. The molecule has 1 amide bonds. The molecule has 2 aromatic rings. The summed E-state index contributed by atoms with van der Waals surface area (Å²) in [4.78, 5) is 28.4. The van der Waals surface area contributed by atoms with Crippen LogP contribution in [0.2, 0.25) is 0 Å². The number of carbonyl (C=O) groups is 2. The van der Waals surface area contributed by atoms with Gasteiger partial charge in [0.15, 0.2) is 5.78 Å². The lowest BCUT2D eigenvalue weighted by Gasteiger charge is -2.38. The maximum absolute atomic E-state index is 12.6. The largest absolute Gasteiger partial charge is 0.369 e. The Labute approximate surface area is 165 Å². The number of nitriles is 1. The average molecular weight is 376 g/mol. The van der Waals surface area contributed by atoms with Gasteiger partial charge < -0.3 is 10.2 Å². The Morgan fingerprint density at radius 3 is 2.36 bits per heavy atom. The zero-order valence-corrected chi connectivity index (χ0v) is 16.2. The first kappa shape index (κ1) is 19.6. The van der Waals surface area contributed by atoms with E-state index >= 15 is 0 Å². The van der Waals surface area contributed by atoms with E-state index in [1.54, 1.807) is 31.2 Å². The summed E-state index contributed by atoms with van der Waals surface area (Å²) in [6.45, 7) is 6.67.